The predicted octanol–water partition coefficient (Wildman–Crippen LogP) is 3.71. The molecule has 0 bridgehead atoms. The van der Waals surface area contributed by atoms with Crippen LogP contribution in [-0.2, 0) is 10.0 Å². The zero-order valence-corrected chi connectivity index (χ0v) is 15.4. The Morgan fingerprint density at radius 2 is 2.12 bits per heavy atom. The van der Waals surface area contributed by atoms with Crippen LogP contribution >= 0.6 is 11.6 Å². The van der Waals surface area contributed by atoms with E-state index in [1.807, 2.05) is 6.92 Å². The van der Waals surface area contributed by atoms with E-state index in [-0.39, 0.29) is 10.9 Å². The van der Waals surface area contributed by atoms with Gasteiger partial charge in [-0.05, 0) is 37.3 Å². The number of halogens is 2. The maximum Gasteiger partial charge on any atom is 0.268 e. The molecule has 0 aliphatic carbocycles. The molecule has 0 saturated carbocycles. The minimum Gasteiger partial charge on any atom is -0.492 e. The van der Waals surface area contributed by atoms with E-state index in [1.54, 1.807) is 12.1 Å². The number of nitrogens with one attached hydrogen (secondary N) is 1. The lowest BCUT2D eigenvalue weighted by Crippen LogP contribution is -2.20. The Morgan fingerprint density at radius 3 is 2.88 bits per heavy atom. The lowest BCUT2D eigenvalue weighted by Gasteiger charge is -2.15. The van der Waals surface area contributed by atoms with Crippen LogP contribution in [-0.4, -0.2) is 25.5 Å². The van der Waals surface area contributed by atoms with Gasteiger partial charge in [-0.1, -0.05) is 17.7 Å². The van der Waals surface area contributed by atoms with Gasteiger partial charge in [0.1, 0.15) is 18.2 Å². The van der Waals surface area contributed by atoms with Gasteiger partial charge in [-0.15, -0.1) is 0 Å². The smallest absolute Gasteiger partial charge is 0.268 e. The van der Waals surface area contributed by atoms with Crippen molar-refractivity contribution in [3.8, 4) is 5.75 Å². The molecule has 1 aliphatic rings. The Kier molecular flexibility index (Phi) is 4.17. The third kappa shape index (κ3) is 2.67. The second-order valence-corrected chi connectivity index (χ2v) is 8.35. The summed E-state index contributed by atoms with van der Waals surface area (Å²) in [6, 6.07) is 8.26. The first kappa shape index (κ1) is 17.3. The highest BCUT2D eigenvalue weighted by Gasteiger charge is 2.26. The summed E-state index contributed by atoms with van der Waals surface area (Å²) in [5, 5.41) is 4.23. The molecule has 1 aliphatic heterocycles. The molecule has 1 N–H and O–H groups in total. The van der Waals surface area contributed by atoms with E-state index in [1.165, 1.54) is 24.4 Å². The molecule has 8 heteroatoms. The van der Waals surface area contributed by atoms with Crippen molar-refractivity contribution in [2.45, 2.75) is 17.9 Å². The lowest BCUT2D eigenvalue weighted by atomic mass is 10.0. The summed E-state index contributed by atoms with van der Waals surface area (Å²) in [4.78, 5) is -0.136. The van der Waals surface area contributed by atoms with Gasteiger partial charge < -0.3 is 10.1 Å². The van der Waals surface area contributed by atoms with Crippen LogP contribution < -0.4 is 10.1 Å². The molecule has 26 heavy (non-hydrogen) atoms. The van der Waals surface area contributed by atoms with Crippen LogP contribution in [0.5, 0.6) is 5.75 Å². The molecular weight excluding hydrogens is 379 g/mol. The predicted molar refractivity (Wildman–Crippen MR) is 97.8 cm³/mol. The van der Waals surface area contributed by atoms with E-state index in [0.717, 1.165) is 15.6 Å². The first-order valence-electron chi connectivity index (χ1n) is 8.10. The zero-order valence-electron chi connectivity index (χ0n) is 13.9. The highest BCUT2D eigenvalue weighted by molar-refractivity contribution is 7.90. The van der Waals surface area contributed by atoms with Crippen molar-refractivity contribution in [2.24, 2.45) is 0 Å². The van der Waals surface area contributed by atoms with Gasteiger partial charge in [0.25, 0.3) is 10.0 Å². The summed E-state index contributed by atoms with van der Waals surface area (Å²) in [6.45, 7) is 3.17. The van der Waals surface area contributed by atoms with Gasteiger partial charge in [-0.3, -0.25) is 0 Å². The Hall–Kier alpha value is -2.09. The first-order valence-corrected chi connectivity index (χ1v) is 9.92. The second kappa shape index (κ2) is 6.26. The largest absolute Gasteiger partial charge is 0.492 e. The Bertz CT molecular complexity index is 1110. The van der Waals surface area contributed by atoms with Crippen LogP contribution in [0.1, 0.15) is 18.5 Å². The van der Waals surface area contributed by atoms with Crippen LogP contribution in [0.3, 0.4) is 0 Å². The molecule has 0 radical (unpaired) electrons. The topological polar surface area (TPSA) is 60.3 Å². The molecule has 0 fully saturated rings. The van der Waals surface area contributed by atoms with E-state index < -0.39 is 15.8 Å². The Balaban J connectivity index is 1.99. The number of nitrogens with zero attached hydrogens (tertiary/aromatic N) is 1. The van der Waals surface area contributed by atoms with Crippen LogP contribution in [0.4, 0.5) is 4.39 Å². The minimum atomic E-state index is -3.99. The van der Waals surface area contributed by atoms with Crippen molar-refractivity contribution in [1.82, 2.24) is 9.29 Å². The summed E-state index contributed by atoms with van der Waals surface area (Å²) >= 11 is 6.42. The summed E-state index contributed by atoms with van der Waals surface area (Å²) in [5.41, 5.74) is 1.25. The van der Waals surface area contributed by atoms with Gasteiger partial charge in [0, 0.05) is 29.7 Å². The molecule has 1 atom stereocenters. The second-order valence-electron chi connectivity index (χ2n) is 6.13. The van der Waals surface area contributed by atoms with Gasteiger partial charge in [-0.2, -0.15) is 0 Å². The minimum absolute atomic E-state index is 0.0542. The molecule has 4 rings (SSSR count). The third-order valence-corrected chi connectivity index (χ3v) is 6.44. The van der Waals surface area contributed by atoms with Crippen LogP contribution in [0, 0.1) is 5.82 Å². The van der Waals surface area contributed by atoms with Gasteiger partial charge in [0.2, 0.25) is 0 Å². The normalized spacial score (nSPS) is 17.6. The summed E-state index contributed by atoms with van der Waals surface area (Å²) in [5.74, 6) is 0.0616. The lowest BCUT2D eigenvalue weighted by molar-refractivity contribution is 0.325. The molecule has 5 nitrogen and oxygen atoms in total. The van der Waals surface area contributed by atoms with E-state index in [0.29, 0.717) is 34.8 Å². The van der Waals surface area contributed by atoms with Gasteiger partial charge in [0.05, 0.1) is 15.4 Å². The fourth-order valence-electron chi connectivity index (χ4n) is 3.29. The van der Waals surface area contributed by atoms with Gasteiger partial charge in [0.15, 0.2) is 0 Å². The number of fused-ring (bicyclic) bond motifs is 3. The maximum absolute atomic E-state index is 13.5. The standard InChI is InChI=1S/C18H16ClFN2O3S/c1-11-17-16(25-8-7-21-11)6-5-15-18(17)14(19)10-22(15)26(23,24)13-4-2-3-12(20)9-13/h2-6,9-11,21H,7-8H2,1H3. The van der Waals surface area contributed by atoms with E-state index in [9.17, 15) is 12.8 Å². The zero-order chi connectivity index (χ0) is 18.5. The SMILES string of the molecule is CC1NCCOc2ccc3c(c(Cl)cn3S(=O)(=O)c3cccc(F)c3)c21. The Labute approximate surface area is 155 Å². The van der Waals surface area contributed by atoms with Crippen molar-refractivity contribution in [3.63, 3.8) is 0 Å². The number of benzene rings is 2. The average Bonchev–Trinajstić information content (AvgIpc) is 2.84. The first-order chi connectivity index (χ1) is 12.4. The number of ether oxygens (including phenoxy) is 1. The quantitative estimate of drug-likeness (QED) is 0.719. The summed E-state index contributed by atoms with van der Waals surface area (Å²) in [6.07, 6.45) is 1.35. The van der Waals surface area contributed by atoms with Crippen LogP contribution in [0.2, 0.25) is 5.02 Å². The van der Waals surface area contributed by atoms with Crippen molar-refractivity contribution >= 4 is 32.5 Å². The molecule has 0 amide bonds. The van der Waals surface area contributed by atoms with Crippen molar-refractivity contribution in [3.05, 3.63) is 59.0 Å². The van der Waals surface area contributed by atoms with Crippen molar-refractivity contribution in [2.75, 3.05) is 13.2 Å². The highest BCUT2D eigenvalue weighted by Crippen LogP contribution is 2.40. The number of hydrogen-bond acceptors (Lipinski definition) is 4. The van der Waals surface area contributed by atoms with Crippen LogP contribution in [0.15, 0.2) is 47.5 Å². The monoisotopic (exact) mass is 394 g/mol. The molecule has 136 valence electrons. The molecule has 1 unspecified atom stereocenters. The maximum atomic E-state index is 13.5. The molecule has 2 aromatic carbocycles. The third-order valence-electron chi connectivity index (χ3n) is 4.49. The van der Waals surface area contributed by atoms with Crippen molar-refractivity contribution in [1.29, 1.82) is 0 Å². The van der Waals surface area contributed by atoms with Gasteiger partial charge in [-0.25, -0.2) is 16.8 Å². The number of aromatic nitrogens is 1. The molecular formula is C18H16ClFN2O3S. The molecule has 0 spiro atoms. The molecule has 2 heterocycles. The fraction of sp³-hybridized carbons (Fsp3) is 0.222. The Morgan fingerprint density at radius 1 is 1.31 bits per heavy atom. The summed E-state index contributed by atoms with van der Waals surface area (Å²) < 4.78 is 46.4. The molecule has 1 aromatic heterocycles. The van der Waals surface area contributed by atoms with E-state index in [2.05, 4.69) is 5.32 Å². The summed E-state index contributed by atoms with van der Waals surface area (Å²) in [7, 11) is -3.99. The van der Waals surface area contributed by atoms with E-state index in [4.69, 9.17) is 16.3 Å². The molecule has 0 saturated heterocycles. The molecule has 3 aromatic rings. The van der Waals surface area contributed by atoms with Gasteiger partial charge >= 0.3 is 0 Å². The highest BCUT2D eigenvalue weighted by atomic mass is 35.5. The van der Waals surface area contributed by atoms with Crippen LogP contribution in [0.25, 0.3) is 10.9 Å². The van der Waals surface area contributed by atoms with Crippen molar-refractivity contribution < 1.29 is 17.5 Å². The number of rotatable bonds is 2. The van der Waals surface area contributed by atoms with E-state index >= 15 is 0 Å². The average molecular weight is 395 g/mol. The fourth-order valence-corrected chi connectivity index (χ4v) is 5.04. The number of hydrogen-bond donors (Lipinski definition) is 1.